The molecule has 0 fully saturated rings. The fraction of sp³-hybridized carbons (Fsp3) is 0.190. The minimum atomic E-state index is -1.06. The Morgan fingerprint density at radius 2 is 1.86 bits per heavy atom. The quantitative estimate of drug-likeness (QED) is 0.708. The molecule has 0 atom stereocenters. The van der Waals surface area contributed by atoms with Crippen LogP contribution in [0.4, 0.5) is 11.4 Å². The number of hydrogen-bond acceptors (Lipinski definition) is 5. The van der Waals surface area contributed by atoms with Crippen LogP contribution in [0.5, 0.6) is 5.75 Å². The van der Waals surface area contributed by atoms with Gasteiger partial charge in [0.1, 0.15) is 16.9 Å². The standard InChI is InChI=1S/C21H18N2O5/c1-21(2)20(26)22-15-5-3-4-6-16(15)23(21)18(24)12-27-14-9-7-13-8-10-19(25)28-17(13)11-14/h3-11H,12H2,1-2H3,(H,22,26). The fourth-order valence-corrected chi connectivity index (χ4v) is 3.24. The summed E-state index contributed by atoms with van der Waals surface area (Å²) in [6.45, 7) is 3.09. The topological polar surface area (TPSA) is 88.9 Å². The van der Waals surface area contributed by atoms with E-state index in [1.807, 2.05) is 0 Å². The normalized spacial score (nSPS) is 15.1. The van der Waals surface area contributed by atoms with Gasteiger partial charge < -0.3 is 14.5 Å². The number of carbonyl (C=O) groups is 2. The number of para-hydroxylation sites is 2. The average Bonchev–Trinajstić information content (AvgIpc) is 2.66. The lowest BCUT2D eigenvalue weighted by molar-refractivity contribution is -0.127. The van der Waals surface area contributed by atoms with Crippen LogP contribution >= 0.6 is 0 Å². The van der Waals surface area contributed by atoms with Gasteiger partial charge in [0.25, 0.3) is 5.91 Å². The van der Waals surface area contributed by atoms with Crippen molar-refractivity contribution in [3.05, 3.63) is 65.0 Å². The van der Waals surface area contributed by atoms with Crippen molar-refractivity contribution in [2.45, 2.75) is 19.4 Å². The number of rotatable bonds is 3. The van der Waals surface area contributed by atoms with E-state index in [1.165, 1.54) is 11.0 Å². The molecule has 0 radical (unpaired) electrons. The van der Waals surface area contributed by atoms with Gasteiger partial charge in [-0.25, -0.2) is 4.79 Å². The molecule has 0 saturated carbocycles. The van der Waals surface area contributed by atoms with Gasteiger partial charge in [0, 0.05) is 17.5 Å². The molecule has 7 nitrogen and oxygen atoms in total. The van der Waals surface area contributed by atoms with E-state index in [9.17, 15) is 14.4 Å². The maximum absolute atomic E-state index is 13.0. The maximum atomic E-state index is 13.0. The van der Waals surface area contributed by atoms with Crippen molar-refractivity contribution in [3.8, 4) is 5.75 Å². The van der Waals surface area contributed by atoms with Gasteiger partial charge in [0.2, 0.25) is 5.91 Å². The molecular weight excluding hydrogens is 360 g/mol. The Kier molecular flexibility index (Phi) is 4.15. The molecule has 1 aliphatic heterocycles. The van der Waals surface area contributed by atoms with Gasteiger partial charge in [0.05, 0.1) is 11.4 Å². The molecule has 4 rings (SSSR count). The van der Waals surface area contributed by atoms with Crippen LogP contribution in [-0.4, -0.2) is 24.0 Å². The van der Waals surface area contributed by atoms with Crippen molar-refractivity contribution in [2.24, 2.45) is 0 Å². The third-order valence-corrected chi connectivity index (χ3v) is 4.71. The predicted octanol–water partition coefficient (Wildman–Crippen LogP) is 2.94. The number of fused-ring (bicyclic) bond motifs is 2. The summed E-state index contributed by atoms with van der Waals surface area (Å²) in [4.78, 5) is 38.2. The van der Waals surface area contributed by atoms with E-state index in [4.69, 9.17) is 9.15 Å². The molecule has 28 heavy (non-hydrogen) atoms. The van der Waals surface area contributed by atoms with Gasteiger partial charge in [-0.2, -0.15) is 0 Å². The van der Waals surface area contributed by atoms with Crippen LogP contribution in [0.2, 0.25) is 0 Å². The summed E-state index contributed by atoms with van der Waals surface area (Å²) in [5.74, 6) is -0.239. The Bertz CT molecular complexity index is 1150. The molecule has 1 N–H and O–H groups in total. The number of carbonyl (C=O) groups excluding carboxylic acids is 2. The highest BCUT2D eigenvalue weighted by atomic mass is 16.5. The first-order valence-corrected chi connectivity index (χ1v) is 8.76. The van der Waals surface area contributed by atoms with E-state index in [-0.39, 0.29) is 18.4 Å². The highest BCUT2D eigenvalue weighted by Gasteiger charge is 2.43. The molecule has 7 heteroatoms. The molecule has 0 saturated heterocycles. The van der Waals surface area contributed by atoms with Crippen molar-refractivity contribution in [1.29, 1.82) is 0 Å². The summed E-state index contributed by atoms with van der Waals surface area (Å²) in [7, 11) is 0. The van der Waals surface area contributed by atoms with Crippen molar-refractivity contribution < 1.29 is 18.7 Å². The summed E-state index contributed by atoms with van der Waals surface area (Å²) in [6.07, 6.45) is 0. The van der Waals surface area contributed by atoms with E-state index >= 15 is 0 Å². The number of amides is 2. The summed E-state index contributed by atoms with van der Waals surface area (Å²) < 4.78 is 10.8. The van der Waals surface area contributed by atoms with Crippen LogP contribution in [0, 0.1) is 0 Å². The van der Waals surface area contributed by atoms with E-state index in [1.54, 1.807) is 62.4 Å². The van der Waals surface area contributed by atoms with E-state index in [0.29, 0.717) is 22.7 Å². The molecule has 2 heterocycles. The molecule has 2 aromatic carbocycles. The van der Waals surface area contributed by atoms with Gasteiger partial charge in [-0.3, -0.25) is 14.5 Å². The second-order valence-electron chi connectivity index (χ2n) is 7.00. The van der Waals surface area contributed by atoms with E-state index in [2.05, 4.69) is 5.32 Å². The number of anilines is 2. The minimum Gasteiger partial charge on any atom is -0.484 e. The largest absolute Gasteiger partial charge is 0.484 e. The average molecular weight is 378 g/mol. The van der Waals surface area contributed by atoms with Gasteiger partial charge in [-0.1, -0.05) is 12.1 Å². The SMILES string of the molecule is CC1(C)C(=O)Nc2ccccc2N1C(=O)COc1ccc2ccc(=O)oc2c1. The molecule has 0 spiro atoms. The second kappa shape index (κ2) is 6.53. The van der Waals surface area contributed by atoms with Crippen molar-refractivity contribution in [1.82, 2.24) is 0 Å². The number of ether oxygens (including phenoxy) is 1. The fourth-order valence-electron chi connectivity index (χ4n) is 3.24. The molecule has 0 bridgehead atoms. The lowest BCUT2D eigenvalue weighted by Gasteiger charge is -2.41. The molecule has 0 unspecified atom stereocenters. The predicted molar refractivity (Wildman–Crippen MR) is 105 cm³/mol. The minimum absolute atomic E-state index is 0.270. The Hall–Kier alpha value is -3.61. The summed E-state index contributed by atoms with van der Waals surface area (Å²) in [5, 5.41) is 3.57. The molecule has 0 aliphatic carbocycles. The first kappa shape index (κ1) is 17.8. The third kappa shape index (κ3) is 3.00. The Balaban J connectivity index is 1.59. The molecule has 3 aromatic rings. The van der Waals surface area contributed by atoms with Gasteiger partial charge in [0.15, 0.2) is 6.61 Å². The number of nitrogens with one attached hydrogen (secondary N) is 1. The highest BCUT2D eigenvalue weighted by molar-refractivity contribution is 6.14. The van der Waals surface area contributed by atoms with Crippen LogP contribution in [0.3, 0.4) is 0 Å². The van der Waals surface area contributed by atoms with Gasteiger partial charge >= 0.3 is 5.63 Å². The summed E-state index contributed by atoms with van der Waals surface area (Å²) in [6, 6.07) is 15.1. The zero-order chi connectivity index (χ0) is 19.9. The molecule has 1 aromatic heterocycles. The summed E-state index contributed by atoms with van der Waals surface area (Å²) in [5.41, 5.74) is 0.0436. The van der Waals surface area contributed by atoms with Gasteiger partial charge in [-0.15, -0.1) is 0 Å². The maximum Gasteiger partial charge on any atom is 0.336 e. The zero-order valence-corrected chi connectivity index (χ0v) is 15.4. The molecular formula is C21H18N2O5. The van der Waals surface area contributed by atoms with Crippen LogP contribution in [0.25, 0.3) is 11.0 Å². The van der Waals surface area contributed by atoms with Crippen molar-refractivity contribution in [2.75, 3.05) is 16.8 Å². The number of hydrogen-bond donors (Lipinski definition) is 1. The van der Waals surface area contributed by atoms with Crippen molar-refractivity contribution in [3.63, 3.8) is 0 Å². The third-order valence-electron chi connectivity index (χ3n) is 4.71. The van der Waals surface area contributed by atoms with Gasteiger partial charge in [-0.05, 0) is 44.2 Å². The Morgan fingerprint density at radius 1 is 1.11 bits per heavy atom. The van der Waals surface area contributed by atoms with Crippen LogP contribution in [0.1, 0.15) is 13.8 Å². The first-order valence-electron chi connectivity index (χ1n) is 8.76. The monoisotopic (exact) mass is 378 g/mol. The van der Waals surface area contributed by atoms with Crippen molar-refractivity contribution >= 4 is 34.2 Å². The smallest absolute Gasteiger partial charge is 0.336 e. The Morgan fingerprint density at radius 3 is 2.68 bits per heavy atom. The molecule has 142 valence electrons. The van der Waals surface area contributed by atoms with E-state index < -0.39 is 11.2 Å². The van der Waals surface area contributed by atoms with Crippen LogP contribution in [0.15, 0.2) is 63.8 Å². The number of benzene rings is 2. The molecule has 1 aliphatic rings. The second-order valence-corrected chi connectivity index (χ2v) is 7.00. The number of nitrogens with zero attached hydrogens (tertiary/aromatic N) is 1. The van der Waals surface area contributed by atoms with E-state index in [0.717, 1.165) is 5.39 Å². The lowest BCUT2D eigenvalue weighted by atomic mass is 9.96. The van der Waals surface area contributed by atoms with Crippen LogP contribution < -0.4 is 20.6 Å². The lowest BCUT2D eigenvalue weighted by Crippen LogP contribution is -2.59. The molecule has 2 amide bonds. The van der Waals surface area contributed by atoms with Crippen LogP contribution in [-0.2, 0) is 9.59 Å². The highest BCUT2D eigenvalue weighted by Crippen LogP contribution is 2.36. The zero-order valence-electron chi connectivity index (χ0n) is 15.4. The first-order chi connectivity index (χ1) is 13.4. The Labute approximate surface area is 160 Å². The summed E-state index contributed by atoms with van der Waals surface area (Å²) >= 11 is 0.